The van der Waals surface area contributed by atoms with Crippen molar-refractivity contribution >= 4 is 21.7 Å². The summed E-state index contributed by atoms with van der Waals surface area (Å²) < 4.78 is 6.03. The van der Waals surface area contributed by atoms with Crippen molar-refractivity contribution in [2.75, 3.05) is 7.11 Å². The van der Waals surface area contributed by atoms with Gasteiger partial charge in [0.25, 0.3) is 0 Å². The van der Waals surface area contributed by atoms with Crippen molar-refractivity contribution in [3.63, 3.8) is 0 Å². The van der Waals surface area contributed by atoms with Crippen LogP contribution in [0.25, 0.3) is 5.76 Å². The summed E-state index contributed by atoms with van der Waals surface area (Å²) in [5.41, 5.74) is 1.01. The normalized spacial score (nSPS) is 9.27. The zero-order chi connectivity index (χ0) is 8.27. The van der Waals surface area contributed by atoms with Crippen molar-refractivity contribution in [3.8, 4) is 0 Å². The van der Waals surface area contributed by atoms with E-state index in [1.807, 2.05) is 24.3 Å². The lowest BCUT2D eigenvalue weighted by molar-refractivity contribution is 0.371. The number of hydrogen-bond acceptors (Lipinski definition) is 1. The molecular weight excluding hydrogens is 204 g/mol. The molecule has 1 aromatic carbocycles. The Bertz CT molecular complexity index is 251. The fourth-order valence-corrected chi connectivity index (χ4v) is 1.02. The minimum Gasteiger partial charge on any atom is -0.497 e. The van der Waals surface area contributed by atoms with Crippen LogP contribution in [0.15, 0.2) is 35.3 Å². The van der Waals surface area contributed by atoms with Gasteiger partial charge in [-0.1, -0.05) is 34.6 Å². The van der Waals surface area contributed by atoms with Crippen LogP contribution in [0.4, 0.5) is 0 Å². The first-order valence-electron chi connectivity index (χ1n) is 3.23. The van der Waals surface area contributed by atoms with Crippen molar-refractivity contribution in [1.29, 1.82) is 0 Å². The highest BCUT2D eigenvalue weighted by atomic mass is 79.9. The number of hydrogen-bond donors (Lipinski definition) is 0. The highest BCUT2D eigenvalue weighted by Crippen LogP contribution is 2.16. The zero-order valence-corrected chi connectivity index (χ0v) is 7.89. The van der Waals surface area contributed by atoms with Crippen LogP contribution in [-0.2, 0) is 4.74 Å². The molecule has 2 heteroatoms. The molecular formula is C9H9BrO. The minimum atomic E-state index is 0.692. The van der Waals surface area contributed by atoms with Gasteiger partial charge >= 0.3 is 0 Å². The first-order chi connectivity index (χ1) is 5.24. The van der Waals surface area contributed by atoms with Crippen LogP contribution in [0.1, 0.15) is 5.56 Å². The summed E-state index contributed by atoms with van der Waals surface area (Å²) in [6.07, 6.45) is 0. The summed E-state index contributed by atoms with van der Waals surface area (Å²) in [5.74, 6) is 0.692. The Kier molecular flexibility index (Phi) is 2.71. The maximum Gasteiger partial charge on any atom is 0.118 e. The third-order valence-electron chi connectivity index (χ3n) is 1.41. The Hall–Kier alpha value is -0.760. The van der Waals surface area contributed by atoms with E-state index in [2.05, 4.69) is 22.5 Å². The monoisotopic (exact) mass is 212 g/mol. The van der Waals surface area contributed by atoms with E-state index < -0.39 is 0 Å². The van der Waals surface area contributed by atoms with E-state index in [9.17, 15) is 0 Å². The molecule has 0 saturated heterocycles. The molecule has 0 aliphatic rings. The lowest BCUT2D eigenvalue weighted by Crippen LogP contribution is -1.83. The van der Waals surface area contributed by atoms with Gasteiger partial charge < -0.3 is 4.74 Å². The number of halogens is 1. The second-order valence-corrected chi connectivity index (χ2v) is 3.05. The molecule has 0 unspecified atom stereocenters. The van der Waals surface area contributed by atoms with E-state index in [0.717, 1.165) is 10.0 Å². The summed E-state index contributed by atoms with van der Waals surface area (Å²) in [6, 6.07) is 7.82. The molecule has 0 aliphatic carbocycles. The SMILES string of the molecule is C=C(OC)c1ccc(Br)cc1. The van der Waals surface area contributed by atoms with Crippen LogP contribution in [-0.4, -0.2) is 7.11 Å². The number of benzene rings is 1. The maximum absolute atomic E-state index is 4.97. The van der Waals surface area contributed by atoms with E-state index in [4.69, 9.17) is 4.74 Å². The van der Waals surface area contributed by atoms with Gasteiger partial charge in [-0.25, -0.2) is 0 Å². The largest absolute Gasteiger partial charge is 0.497 e. The molecule has 0 saturated carbocycles. The molecule has 0 bridgehead atoms. The molecule has 0 fully saturated rings. The highest BCUT2D eigenvalue weighted by molar-refractivity contribution is 9.10. The van der Waals surface area contributed by atoms with Gasteiger partial charge in [0, 0.05) is 10.0 Å². The second kappa shape index (κ2) is 3.58. The predicted octanol–water partition coefficient (Wildman–Crippen LogP) is 3.07. The summed E-state index contributed by atoms with van der Waals surface area (Å²) >= 11 is 3.35. The lowest BCUT2D eigenvalue weighted by atomic mass is 10.2. The molecule has 0 heterocycles. The summed E-state index contributed by atoms with van der Waals surface area (Å²) in [7, 11) is 1.62. The topological polar surface area (TPSA) is 9.23 Å². The molecule has 58 valence electrons. The molecule has 0 radical (unpaired) electrons. The molecule has 11 heavy (non-hydrogen) atoms. The van der Waals surface area contributed by atoms with Gasteiger partial charge in [0.15, 0.2) is 0 Å². The van der Waals surface area contributed by atoms with Gasteiger partial charge in [-0.15, -0.1) is 0 Å². The standard InChI is InChI=1S/C9H9BrO/c1-7(11-2)8-3-5-9(10)6-4-8/h3-6H,1H2,2H3. The number of methoxy groups -OCH3 is 1. The van der Waals surface area contributed by atoms with Gasteiger partial charge in [0.05, 0.1) is 7.11 Å². The second-order valence-electron chi connectivity index (χ2n) is 2.13. The molecule has 0 aliphatic heterocycles. The maximum atomic E-state index is 4.97. The fraction of sp³-hybridized carbons (Fsp3) is 0.111. The zero-order valence-electron chi connectivity index (χ0n) is 6.30. The highest BCUT2D eigenvalue weighted by Gasteiger charge is 1.95. The Balaban J connectivity index is 2.90. The van der Waals surface area contributed by atoms with Gasteiger partial charge in [0.1, 0.15) is 5.76 Å². The smallest absolute Gasteiger partial charge is 0.118 e. The lowest BCUT2D eigenvalue weighted by Gasteiger charge is -2.02. The molecule has 0 spiro atoms. The van der Waals surface area contributed by atoms with Gasteiger partial charge in [-0.05, 0) is 12.1 Å². The Morgan fingerprint density at radius 2 is 1.91 bits per heavy atom. The van der Waals surface area contributed by atoms with Crippen LogP contribution < -0.4 is 0 Å². The summed E-state index contributed by atoms with van der Waals surface area (Å²) in [6.45, 7) is 3.74. The third kappa shape index (κ3) is 2.09. The molecule has 0 amide bonds. The van der Waals surface area contributed by atoms with Crippen molar-refractivity contribution in [2.24, 2.45) is 0 Å². The van der Waals surface area contributed by atoms with Crippen molar-refractivity contribution in [3.05, 3.63) is 40.9 Å². The Morgan fingerprint density at radius 3 is 2.36 bits per heavy atom. The fourth-order valence-electron chi connectivity index (χ4n) is 0.754. The molecule has 0 atom stereocenters. The molecule has 0 N–H and O–H groups in total. The molecule has 1 nitrogen and oxygen atoms in total. The van der Waals surface area contributed by atoms with Crippen molar-refractivity contribution in [2.45, 2.75) is 0 Å². The van der Waals surface area contributed by atoms with E-state index >= 15 is 0 Å². The van der Waals surface area contributed by atoms with Crippen LogP contribution in [0.3, 0.4) is 0 Å². The Labute approximate surface area is 74.8 Å². The number of rotatable bonds is 2. The quantitative estimate of drug-likeness (QED) is 0.686. The van der Waals surface area contributed by atoms with E-state index in [1.165, 1.54) is 0 Å². The summed E-state index contributed by atoms with van der Waals surface area (Å²) in [4.78, 5) is 0. The van der Waals surface area contributed by atoms with Crippen molar-refractivity contribution in [1.82, 2.24) is 0 Å². The first-order valence-corrected chi connectivity index (χ1v) is 4.02. The van der Waals surface area contributed by atoms with Crippen LogP contribution in [0.2, 0.25) is 0 Å². The predicted molar refractivity (Wildman–Crippen MR) is 50.2 cm³/mol. The molecule has 0 aromatic heterocycles. The average Bonchev–Trinajstić information content (AvgIpc) is 2.05. The molecule has 1 aromatic rings. The minimum absolute atomic E-state index is 0.692. The van der Waals surface area contributed by atoms with Crippen LogP contribution in [0, 0.1) is 0 Å². The van der Waals surface area contributed by atoms with E-state index in [-0.39, 0.29) is 0 Å². The Morgan fingerprint density at radius 1 is 1.36 bits per heavy atom. The van der Waals surface area contributed by atoms with E-state index in [1.54, 1.807) is 7.11 Å². The summed E-state index contributed by atoms with van der Waals surface area (Å²) in [5, 5.41) is 0. The third-order valence-corrected chi connectivity index (χ3v) is 1.94. The molecule has 1 rings (SSSR count). The van der Waals surface area contributed by atoms with E-state index in [0.29, 0.717) is 5.76 Å². The van der Waals surface area contributed by atoms with Crippen LogP contribution in [0.5, 0.6) is 0 Å². The number of ether oxygens (including phenoxy) is 1. The average molecular weight is 213 g/mol. The van der Waals surface area contributed by atoms with Gasteiger partial charge in [-0.2, -0.15) is 0 Å². The first kappa shape index (κ1) is 8.34. The van der Waals surface area contributed by atoms with Gasteiger partial charge in [-0.3, -0.25) is 0 Å². The van der Waals surface area contributed by atoms with Crippen molar-refractivity contribution < 1.29 is 4.74 Å². The van der Waals surface area contributed by atoms with Crippen LogP contribution >= 0.6 is 15.9 Å². The van der Waals surface area contributed by atoms with Gasteiger partial charge in [0.2, 0.25) is 0 Å².